The van der Waals surface area contributed by atoms with Gasteiger partial charge in [-0.15, -0.1) is 0 Å². The lowest BCUT2D eigenvalue weighted by atomic mass is 10.1. The smallest absolute Gasteiger partial charge is 0.247 e. The second kappa shape index (κ2) is 8.10. The van der Waals surface area contributed by atoms with Gasteiger partial charge in [-0.05, 0) is 42.7 Å². The summed E-state index contributed by atoms with van der Waals surface area (Å²) in [4.78, 5) is 15.2. The standard InChI is InChI=1S/C20H25N3O3S/c1-22(27(2,25)26)19(16-8-4-3-5-9-16)20(24)21-17-10-12-18(13-11-17)23-14-6-7-15-23/h3-5,8-13,19H,6-7,14-15H2,1-2H3,(H,21,24)/t19-/m1/s1. The van der Waals surface area contributed by atoms with Crippen molar-refractivity contribution >= 4 is 27.3 Å². The molecule has 2 aromatic carbocycles. The number of sulfonamides is 1. The highest BCUT2D eigenvalue weighted by atomic mass is 32.2. The minimum Gasteiger partial charge on any atom is -0.372 e. The Balaban J connectivity index is 1.80. The van der Waals surface area contributed by atoms with Gasteiger partial charge in [0.25, 0.3) is 0 Å². The normalized spacial score (nSPS) is 15.7. The van der Waals surface area contributed by atoms with Crippen molar-refractivity contribution in [2.24, 2.45) is 0 Å². The average Bonchev–Trinajstić information content (AvgIpc) is 3.17. The summed E-state index contributed by atoms with van der Waals surface area (Å²) in [7, 11) is -2.12. The third-order valence-corrected chi connectivity index (χ3v) is 6.11. The maximum atomic E-state index is 12.9. The molecule has 1 saturated heterocycles. The van der Waals surface area contributed by atoms with E-state index in [1.54, 1.807) is 24.3 Å². The molecule has 3 rings (SSSR count). The maximum Gasteiger partial charge on any atom is 0.247 e. The predicted molar refractivity (Wildman–Crippen MR) is 108 cm³/mol. The van der Waals surface area contributed by atoms with E-state index >= 15 is 0 Å². The molecule has 0 unspecified atom stereocenters. The van der Waals surface area contributed by atoms with E-state index in [4.69, 9.17) is 0 Å². The van der Waals surface area contributed by atoms with Crippen LogP contribution in [0.25, 0.3) is 0 Å². The van der Waals surface area contributed by atoms with Crippen LogP contribution in [0.4, 0.5) is 11.4 Å². The molecular formula is C20H25N3O3S. The second-order valence-electron chi connectivity index (χ2n) is 6.82. The van der Waals surface area contributed by atoms with E-state index in [9.17, 15) is 13.2 Å². The molecule has 1 aliphatic rings. The third-order valence-electron chi connectivity index (χ3n) is 4.86. The number of hydrogen-bond donors (Lipinski definition) is 1. The minimum atomic E-state index is -3.54. The SMILES string of the molecule is CN([C@@H](C(=O)Nc1ccc(N2CCCC2)cc1)c1ccccc1)S(C)(=O)=O. The molecule has 0 aliphatic carbocycles. The summed E-state index contributed by atoms with van der Waals surface area (Å²) in [6.45, 7) is 2.11. The van der Waals surface area contributed by atoms with Gasteiger partial charge in [-0.1, -0.05) is 30.3 Å². The Morgan fingerprint density at radius 3 is 2.19 bits per heavy atom. The highest BCUT2D eigenvalue weighted by Gasteiger charge is 2.30. The van der Waals surface area contributed by atoms with Gasteiger partial charge in [-0.25, -0.2) is 8.42 Å². The van der Waals surface area contributed by atoms with Crippen LogP contribution in [0.15, 0.2) is 54.6 Å². The number of carbonyl (C=O) groups is 1. The zero-order chi connectivity index (χ0) is 19.4. The summed E-state index contributed by atoms with van der Waals surface area (Å²) in [6, 6.07) is 15.7. The van der Waals surface area contributed by atoms with Crippen LogP contribution in [0.2, 0.25) is 0 Å². The topological polar surface area (TPSA) is 69.7 Å². The van der Waals surface area contributed by atoms with E-state index < -0.39 is 16.1 Å². The Hall–Kier alpha value is -2.38. The van der Waals surface area contributed by atoms with Crippen molar-refractivity contribution in [2.75, 3.05) is 36.6 Å². The molecule has 2 aromatic rings. The molecule has 1 N–H and O–H groups in total. The second-order valence-corrected chi connectivity index (χ2v) is 8.86. The number of likely N-dealkylation sites (N-methyl/N-ethyl adjacent to an activating group) is 1. The van der Waals surface area contributed by atoms with Crippen LogP contribution >= 0.6 is 0 Å². The van der Waals surface area contributed by atoms with Crippen LogP contribution in [0.5, 0.6) is 0 Å². The van der Waals surface area contributed by atoms with Gasteiger partial charge in [-0.3, -0.25) is 4.79 Å². The number of carbonyl (C=O) groups excluding carboxylic acids is 1. The van der Waals surface area contributed by atoms with Crippen molar-refractivity contribution in [1.82, 2.24) is 4.31 Å². The first kappa shape index (κ1) is 19.4. The lowest BCUT2D eigenvalue weighted by Gasteiger charge is -2.26. The van der Waals surface area contributed by atoms with Gasteiger partial charge in [0.2, 0.25) is 15.9 Å². The molecule has 6 nitrogen and oxygen atoms in total. The highest BCUT2D eigenvalue weighted by Crippen LogP contribution is 2.25. The fraction of sp³-hybridized carbons (Fsp3) is 0.350. The first-order valence-electron chi connectivity index (χ1n) is 9.00. The van der Waals surface area contributed by atoms with Gasteiger partial charge in [0.15, 0.2) is 0 Å². The van der Waals surface area contributed by atoms with Crippen molar-refractivity contribution in [3.8, 4) is 0 Å². The average molecular weight is 388 g/mol. The Kier molecular flexibility index (Phi) is 5.82. The van der Waals surface area contributed by atoms with Gasteiger partial charge in [0.1, 0.15) is 6.04 Å². The number of hydrogen-bond acceptors (Lipinski definition) is 4. The van der Waals surface area contributed by atoms with E-state index in [2.05, 4.69) is 10.2 Å². The molecule has 1 heterocycles. The fourth-order valence-electron chi connectivity index (χ4n) is 3.29. The zero-order valence-corrected chi connectivity index (χ0v) is 16.4. The number of nitrogens with zero attached hydrogens (tertiary/aromatic N) is 2. The van der Waals surface area contributed by atoms with Gasteiger partial charge in [0.05, 0.1) is 6.26 Å². The molecule has 144 valence electrons. The molecule has 0 aromatic heterocycles. The van der Waals surface area contributed by atoms with Crippen LogP contribution in [0.1, 0.15) is 24.4 Å². The van der Waals surface area contributed by atoms with E-state index in [0.717, 1.165) is 29.3 Å². The molecule has 7 heteroatoms. The third kappa shape index (κ3) is 4.67. The van der Waals surface area contributed by atoms with E-state index in [1.165, 1.54) is 19.9 Å². The Morgan fingerprint density at radius 2 is 1.63 bits per heavy atom. The molecule has 1 aliphatic heterocycles. The number of amides is 1. The van der Waals surface area contributed by atoms with E-state index in [-0.39, 0.29) is 5.91 Å². The molecule has 1 amide bonds. The monoisotopic (exact) mass is 387 g/mol. The minimum absolute atomic E-state index is 0.386. The Bertz CT molecular complexity index is 876. The number of nitrogens with one attached hydrogen (secondary N) is 1. The van der Waals surface area contributed by atoms with Crippen LogP contribution in [0, 0.1) is 0 Å². The van der Waals surface area contributed by atoms with Crippen molar-refractivity contribution in [2.45, 2.75) is 18.9 Å². The Morgan fingerprint density at radius 1 is 1.04 bits per heavy atom. The van der Waals surface area contributed by atoms with E-state index in [1.807, 2.05) is 30.3 Å². The summed E-state index contributed by atoms with van der Waals surface area (Å²) in [6.07, 6.45) is 3.51. The molecule has 0 saturated carbocycles. The summed E-state index contributed by atoms with van der Waals surface area (Å²) in [5.74, 6) is -0.386. The molecule has 0 radical (unpaired) electrons. The Labute approximate surface area is 160 Å². The molecule has 0 spiro atoms. The first-order chi connectivity index (χ1) is 12.9. The number of anilines is 2. The molecule has 27 heavy (non-hydrogen) atoms. The summed E-state index contributed by atoms with van der Waals surface area (Å²) in [5, 5.41) is 2.85. The lowest BCUT2D eigenvalue weighted by Crippen LogP contribution is -2.38. The molecule has 1 fully saturated rings. The van der Waals surface area contributed by atoms with Crippen molar-refractivity contribution in [1.29, 1.82) is 0 Å². The van der Waals surface area contributed by atoms with Crippen molar-refractivity contribution < 1.29 is 13.2 Å². The quantitative estimate of drug-likeness (QED) is 0.827. The summed E-state index contributed by atoms with van der Waals surface area (Å²) < 4.78 is 25.2. The van der Waals surface area contributed by atoms with Crippen molar-refractivity contribution in [3.05, 3.63) is 60.2 Å². The van der Waals surface area contributed by atoms with Crippen molar-refractivity contribution in [3.63, 3.8) is 0 Å². The van der Waals surface area contributed by atoms with Gasteiger partial charge >= 0.3 is 0 Å². The predicted octanol–water partition coefficient (Wildman–Crippen LogP) is 2.86. The highest BCUT2D eigenvalue weighted by molar-refractivity contribution is 7.88. The van der Waals surface area contributed by atoms with Crippen LogP contribution in [-0.4, -0.2) is 45.0 Å². The van der Waals surface area contributed by atoms with Gasteiger partial charge in [-0.2, -0.15) is 4.31 Å². The molecular weight excluding hydrogens is 362 g/mol. The molecule has 0 bridgehead atoms. The first-order valence-corrected chi connectivity index (χ1v) is 10.8. The van der Waals surface area contributed by atoms with Crippen LogP contribution < -0.4 is 10.2 Å². The maximum absolute atomic E-state index is 12.9. The molecule has 1 atom stereocenters. The summed E-state index contributed by atoms with van der Waals surface area (Å²) >= 11 is 0. The van der Waals surface area contributed by atoms with Crippen LogP contribution in [-0.2, 0) is 14.8 Å². The van der Waals surface area contributed by atoms with E-state index in [0.29, 0.717) is 11.3 Å². The fourth-order valence-corrected chi connectivity index (χ4v) is 3.90. The largest absolute Gasteiger partial charge is 0.372 e. The van der Waals surface area contributed by atoms with Gasteiger partial charge in [0, 0.05) is 31.5 Å². The summed E-state index contributed by atoms with van der Waals surface area (Å²) in [5.41, 5.74) is 2.40. The lowest BCUT2D eigenvalue weighted by molar-refractivity contribution is -0.119. The number of benzene rings is 2. The number of rotatable bonds is 6. The van der Waals surface area contributed by atoms with Gasteiger partial charge < -0.3 is 10.2 Å². The van der Waals surface area contributed by atoms with Crippen LogP contribution in [0.3, 0.4) is 0 Å². The zero-order valence-electron chi connectivity index (χ0n) is 15.6.